The molecular formula is C35H37F3N6O2. The van der Waals surface area contributed by atoms with E-state index >= 15 is 0 Å². The molecule has 1 aromatic heterocycles. The third-order valence-electron chi connectivity index (χ3n) is 8.84. The third kappa shape index (κ3) is 6.17. The SMILES string of the molecule is CCN1C(=O)C(NC(=O)c2cccc(C(C)(F)F)c2)[C@@H](c2ccc(F)cc2)c2c(CN3CCN(C)CC3)nn(-c3ccccc3)c21. The van der Waals surface area contributed by atoms with E-state index in [1.807, 2.05) is 37.3 Å². The van der Waals surface area contributed by atoms with E-state index in [0.29, 0.717) is 24.5 Å². The van der Waals surface area contributed by atoms with Crippen LogP contribution in [0.4, 0.5) is 19.0 Å². The fourth-order valence-corrected chi connectivity index (χ4v) is 6.35. The van der Waals surface area contributed by atoms with Crippen LogP contribution in [-0.4, -0.2) is 77.2 Å². The molecular weight excluding hydrogens is 593 g/mol. The lowest BCUT2D eigenvalue weighted by molar-refractivity contribution is -0.121. The molecule has 0 radical (unpaired) electrons. The zero-order chi connectivity index (χ0) is 32.6. The first kappa shape index (κ1) is 31.5. The molecule has 1 unspecified atom stereocenters. The number of fused-ring (bicyclic) bond motifs is 1. The zero-order valence-electron chi connectivity index (χ0n) is 26.1. The van der Waals surface area contributed by atoms with Crippen LogP contribution >= 0.6 is 0 Å². The molecule has 0 aliphatic carbocycles. The molecule has 0 bridgehead atoms. The van der Waals surface area contributed by atoms with Gasteiger partial charge in [-0.2, -0.15) is 5.10 Å². The fourth-order valence-electron chi connectivity index (χ4n) is 6.35. The van der Waals surface area contributed by atoms with Crippen LogP contribution in [-0.2, 0) is 17.3 Å². The van der Waals surface area contributed by atoms with Gasteiger partial charge in [0.05, 0.1) is 11.4 Å². The number of amides is 2. The van der Waals surface area contributed by atoms with Gasteiger partial charge in [0, 0.05) is 68.8 Å². The number of piperazine rings is 1. The highest BCUT2D eigenvalue weighted by molar-refractivity contribution is 6.05. The van der Waals surface area contributed by atoms with E-state index in [1.165, 1.54) is 30.3 Å². The van der Waals surface area contributed by atoms with Crippen molar-refractivity contribution in [1.82, 2.24) is 24.9 Å². The van der Waals surface area contributed by atoms with Gasteiger partial charge in [-0.25, -0.2) is 17.9 Å². The van der Waals surface area contributed by atoms with Gasteiger partial charge < -0.3 is 10.2 Å². The number of anilines is 1. The van der Waals surface area contributed by atoms with Crippen molar-refractivity contribution in [2.75, 3.05) is 44.7 Å². The monoisotopic (exact) mass is 630 g/mol. The summed E-state index contributed by atoms with van der Waals surface area (Å²) in [4.78, 5) is 34.4. The van der Waals surface area contributed by atoms with E-state index in [2.05, 4.69) is 22.2 Å². The highest BCUT2D eigenvalue weighted by Gasteiger charge is 2.46. The molecule has 1 N–H and O–H groups in total. The quantitative estimate of drug-likeness (QED) is 0.291. The van der Waals surface area contributed by atoms with E-state index in [1.54, 1.807) is 21.7 Å². The standard InChI is InChI=1S/C35H37F3N6O2/c1-4-43-33-30(28(22-42-19-17-41(3)18-20-42)40-44(33)27-11-6-5-7-12-27)29(23-13-15-26(36)16-14-23)31(34(43)46)39-32(45)24-9-8-10-25(21-24)35(2,37)38/h5-16,21,29,31H,4,17-20,22H2,1-3H3,(H,39,45)/t29-,31?/m0/s1. The van der Waals surface area contributed by atoms with Gasteiger partial charge in [0.25, 0.3) is 17.7 Å². The maximum absolute atomic E-state index is 14.4. The Morgan fingerprint density at radius 1 is 0.978 bits per heavy atom. The number of carbonyl (C=O) groups is 2. The first-order valence-corrected chi connectivity index (χ1v) is 15.5. The van der Waals surface area contributed by atoms with Crippen molar-refractivity contribution in [2.45, 2.75) is 38.3 Å². The summed E-state index contributed by atoms with van der Waals surface area (Å²) in [6, 6.07) is 19.6. The largest absolute Gasteiger partial charge is 0.339 e. The topological polar surface area (TPSA) is 73.7 Å². The van der Waals surface area contributed by atoms with E-state index < -0.39 is 29.6 Å². The van der Waals surface area contributed by atoms with Crippen molar-refractivity contribution in [3.8, 4) is 5.69 Å². The van der Waals surface area contributed by atoms with Crippen molar-refractivity contribution in [3.05, 3.63) is 113 Å². The molecule has 3 aromatic carbocycles. The summed E-state index contributed by atoms with van der Waals surface area (Å²) >= 11 is 0. The van der Waals surface area contributed by atoms with Crippen molar-refractivity contribution in [3.63, 3.8) is 0 Å². The number of para-hydroxylation sites is 1. The van der Waals surface area contributed by atoms with Gasteiger partial charge >= 0.3 is 0 Å². The van der Waals surface area contributed by atoms with Crippen LogP contribution < -0.4 is 10.2 Å². The third-order valence-corrected chi connectivity index (χ3v) is 8.84. The van der Waals surface area contributed by atoms with Gasteiger partial charge in [0.15, 0.2) is 0 Å². The Balaban J connectivity index is 1.51. The van der Waals surface area contributed by atoms with Gasteiger partial charge in [-0.15, -0.1) is 0 Å². The number of hydrogen-bond donors (Lipinski definition) is 1. The molecule has 2 atom stereocenters. The first-order valence-electron chi connectivity index (χ1n) is 15.5. The van der Waals surface area contributed by atoms with Crippen LogP contribution in [0.2, 0.25) is 0 Å². The number of rotatable bonds is 8. The summed E-state index contributed by atoms with van der Waals surface area (Å²) < 4.78 is 44.3. The minimum absolute atomic E-state index is 0.0103. The summed E-state index contributed by atoms with van der Waals surface area (Å²) in [5, 5.41) is 8.00. The van der Waals surface area contributed by atoms with Crippen LogP contribution in [0.15, 0.2) is 78.9 Å². The van der Waals surface area contributed by atoms with Crippen molar-refractivity contribution in [2.24, 2.45) is 0 Å². The number of halogens is 3. The molecule has 1 fully saturated rings. The molecule has 3 heterocycles. The fraction of sp³-hybridized carbons (Fsp3) is 0.343. The summed E-state index contributed by atoms with van der Waals surface area (Å²) in [6.07, 6.45) is 0. The second-order valence-electron chi connectivity index (χ2n) is 12.0. The number of nitrogens with one attached hydrogen (secondary N) is 1. The highest BCUT2D eigenvalue weighted by atomic mass is 19.3. The molecule has 8 nitrogen and oxygen atoms in total. The minimum Gasteiger partial charge on any atom is -0.339 e. The summed E-state index contributed by atoms with van der Waals surface area (Å²) in [6.45, 7) is 6.89. The smallest absolute Gasteiger partial charge is 0.270 e. The minimum atomic E-state index is -3.15. The van der Waals surface area contributed by atoms with E-state index in [0.717, 1.165) is 56.1 Å². The Labute approximate surface area is 266 Å². The number of aromatic nitrogens is 2. The number of hydrogen-bond acceptors (Lipinski definition) is 5. The molecule has 4 aromatic rings. The van der Waals surface area contributed by atoms with Crippen molar-refractivity contribution >= 4 is 17.6 Å². The van der Waals surface area contributed by atoms with Crippen molar-refractivity contribution in [1.29, 1.82) is 0 Å². The van der Waals surface area contributed by atoms with Gasteiger partial charge in [-0.1, -0.05) is 42.5 Å². The van der Waals surface area contributed by atoms with Gasteiger partial charge in [0.1, 0.15) is 17.7 Å². The first-order chi connectivity index (χ1) is 22.0. The molecule has 2 aliphatic heterocycles. The highest BCUT2D eigenvalue weighted by Crippen LogP contribution is 2.44. The Morgan fingerprint density at radius 2 is 1.67 bits per heavy atom. The maximum Gasteiger partial charge on any atom is 0.270 e. The Bertz CT molecular complexity index is 1710. The number of carbonyl (C=O) groups excluding carboxylic acids is 2. The molecule has 0 spiro atoms. The zero-order valence-corrected chi connectivity index (χ0v) is 26.1. The lowest BCUT2D eigenvalue weighted by atomic mass is 9.80. The summed E-state index contributed by atoms with van der Waals surface area (Å²) in [7, 11) is 2.09. The van der Waals surface area contributed by atoms with E-state index in [9.17, 15) is 22.8 Å². The summed E-state index contributed by atoms with van der Waals surface area (Å²) in [5.41, 5.74) is 2.60. The Morgan fingerprint density at radius 3 is 2.33 bits per heavy atom. The predicted molar refractivity (Wildman–Crippen MR) is 170 cm³/mol. The molecule has 2 amide bonds. The van der Waals surface area contributed by atoms with Crippen LogP contribution in [0.3, 0.4) is 0 Å². The number of benzene rings is 3. The molecule has 6 rings (SSSR count). The van der Waals surface area contributed by atoms with E-state index in [4.69, 9.17) is 5.10 Å². The molecule has 240 valence electrons. The normalized spacial score (nSPS) is 19.3. The average molecular weight is 631 g/mol. The molecule has 46 heavy (non-hydrogen) atoms. The Hall–Kier alpha value is -4.48. The molecule has 11 heteroatoms. The predicted octanol–water partition coefficient (Wildman–Crippen LogP) is 5.17. The van der Waals surface area contributed by atoms with Gasteiger partial charge in [-0.3, -0.25) is 19.4 Å². The number of nitrogens with zero attached hydrogens (tertiary/aromatic N) is 5. The maximum atomic E-state index is 14.4. The second-order valence-corrected chi connectivity index (χ2v) is 12.0. The molecule has 0 saturated carbocycles. The molecule has 1 saturated heterocycles. The van der Waals surface area contributed by atoms with Crippen LogP contribution in [0, 0.1) is 5.82 Å². The van der Waals surface area contributed by atoms with E-state index in [-0.39, 0.29) is 17.0 Å². The molecule has 2 aliphatic rings. The number of alkyl halides is 2. The lowest BCUT2D eigenvalue weighted by Gasteiger charge is -2.39. The van der Waals surface area contributed by atoms with Crippen molar-refractivity contribution < 1.29 is 22.8 Å². The summed E-state index contributed by atoms with van der Waals surface area (Å²) in [5.74, 6) is -4.76. The second kappa shape index (κ2) is 12.7. The average Bonchev–Trinajstić information content (AvgIpc) is 3.41. The van der Waals surface area contributed by atoms with Crippen LogP contribution in [0.5, 0.6) is 0 Å². The van der Waals surface area contributed by atoms with Crippen LogP contribution in [0.1, 0.15) is 52.5 Å². The van der Waals surface area contributed by atoms with Gasteiger partial charge in [-0.05, 0) is 55.9 Å². The van der Waals surface area contributed by atoms with Crippen LogP contribution in [0.25, 0.3) is 5.69 Å². The lowest BCUT2D eigenvalue weighted by Crippen LogP contribution is -2.55. The van der Waals surface area contributed by atoms with Gasteiger partial charge in [0.2, 0.25) is 0 Å². The number of likely N-dealkylation sites (N-methyl/N-ethyl adjacent to an activating group) is 2. The Kier molecular flexibility index (Phi) is 8.71.